The molecule has 2 amide bonds. The second kappa shape index (κ2) is 7.84. The van der Waals surface area contributed by atoms with Gasteiger partial charge in [0, 0.05) is 49.5 Å². The SMILES string of the molecule is Cn1cc(O)c(=O)cc1CNC(=O)C1CC(=O)N(Cc2ccccc2Cl)C1. The largest absolute Gasteiger partial charge is 0.503 e. The molecule has 0 radical (unpaired) electrons. The van der Waals surface area contributed by atoms with Crippen molar-refractivity contribution >= 4 is 23.4 Å². The van der Waals surface area contributed by atoms with Crippen LogP contribution in [0.3, 0.4) is 0 Å². The zero-order valence-corrected chi connectivity index (χ0v) is 15.6. The maximum Gasteiger partial charge on any atom is 0.225 e. The molecular weight excluding hydrogens is 370 g/mol. The number of aromatic nitrogens is 1. The third-order valence-corrected chi connectivity index (χ3v) is 5.04. The maximum absolute atomic E-state index is 12.4. The minimum Gasteiger partial charge on any atom is -0.503 e. The molecule has 2 N–H and O–H groups in total. The van der Waals surface area contributed by atoms with Crippen LogP contribution in [0, 0.1) is 5.92 Å². The van der Waals surface area contributed by atoms with Crippen LogP contribution in [0.4, 0.5) is 0 Å². The van der Waals surface area contributed by atoms with Crippen molar-refractivity contribution in [2.45, 2.75) is 19.5 Å². The Morgan fingerprint density at radius 1 is 1.33 bits per heavy atom. The summed E-state index contributed by atoms with van der Waals surface area (Å²) >= 11 is 6.14. The van der Waals surface area contributed by atoms with E-state index >= 15 is 0 Å². The van der Waals surface area contributed by atoms with E-state index < -0.39 is 11.3 Å². The van der Waals surface area contributed by atoms with E-state index in [4.69, 9.17) is 11.6 Å². The van der Waals surface area contributed by atoms with Gasteiger partial charge in [0.2, 0.25) is 17.2 Å². The number of pyridine rings is 1. The molecule has 0 aliphatic carbocycles. The average molecular weight is 390 g/mol. The van der Waals surface area contributed by atoms with Gasteiger partial charge in [0.1, 0.15) is 0 Å². The highest BCUT2D eigenvalue weighted by molar-refractivity contribution is 6.31. The molecule has 7 nitrogen and oxygen atoms in total. The van der Waals surface area contributed by atoms with Crippen LogP contribution in [0.25, 0.3) is 0 Å². The number of hydrogen-bond acceptors (Lipinski definition) is 4. The fourth-order valence-corrected chi connectivity index (χ4v) is 3.28. The number of likely N-dealkylation sites (tertiary alicyclic amines) is 1. The molecular formula is C19H20ClN3O4. The summed E-state index contributed by atoms with van der Waals surface area (Å²) in [6.07, 6.45) is 1.44. The van der Waals surface area contributed by atoms with Gasteiger partial charge >= 0.3 is 0 Å². The van der Waals surface area contributed by atoms with Crippen molar-refractivity contribution < 1.29 is 14.7 Å². The zero-order valence-electron chi connectivity index (χ0n) is 14.8. The molecule has 0 spiro atoms. The number of rotatable bonds is 5. The number of carbonyl (C=O) groups excluding carboxylic acids is 2. The van der Waals surface area contributed by atoms with Gasteiger partial charge in [-0.1, -0.05) is 29.8 Å². The quantitative estimate of drug-likeness (QED) is 0.808. The van der Waals surface area contributed by atoms with E-state index in [1.54, 1.807) is 22.6 Å². The lowest BCUT2D eigenvalue weighted by molar-refractivity contribution is -0.129. The van der Waals surface area contributed by atoms with Crippen LogP contribution >= 0.6 is 11.6 Å². The Hall–Kier alpha value is -2.80. The van der Waals surface area contributed by atoms with E-state index in [-0.39, 0.29) is 30.5 Å². The summed E-state index contributed by atoms with van der Waals surface area (Å²) in [4.78, 5) is 37.9. The van der Waals surface area contributed by atoms with Gasteiger partial charge in [-0.3, -0.25) is 14.4 Å². The van der Waals surface area contributed by atoms with Gasteiger partial charge in [-0.2, -0.15) is 0 Å². The zero-order chi connectivity index (χ0) is 19.6. The van der Waals surface area contributed by atoms with E-state index in [1.165, 1.54) is 12.3 Å². The molecule has 1 atom stereocenters. The number of benzene rings is 1. The summed E-state index contributed by atoms with van der Waals surface area (Å²) in [5, 5.41) is 12.7. The standard InChI is InChI=1S/C19H20ClN3O4/c1-22-11-17(25)16(24)7-14(22)8-21-19(27)13-6-18(26)23(10-13)9-12-4-2-3-5-15(12)20/h2-5,7,11,13,25H,6,8-10H2,1H3,(H,21,27). The van der Waals surface area contributed by atoms with E-state index in [2.05, 4.69) is 5.32 Å². The van der Waals surface area contributed by atoms with Crippen molar-refractivity contribution in [3.63, 3.8) is 0 Å². The highest BCUT2D eigenvalue weighted by Crippen LogP contribution is 2.23. The summed E-state index contributed by atoms with van der Waals surface area (Å²) in [6.45, 7) is 0.833. The van der Waals surface area contributed by atoms with Crippen LogP contribution in [0.15, 0.2) is 41.3 Å². The normalized spacial score (nSPS) is 16.6. The first-order valence-electron chi connectivity index (χ1n) is 8.52. The first-order chi connectivity index (χ1) is 12.8. The number of aryl methyl sites for hydroxylation is 1. The predicted molar refractivity (Wildman–Crippen MR) is 100 cm³/mol. The van der Waals surface area contributed by atoms with Crippen LogP contribution < -0.4 is 10.7 Å². The molecule has 3 rings (SSSR count). The molecule has 1 aromatic heterocycles. The topological polar surface area (TPSA) is 91.6 Å². The number of hydrogen-bond donors (Lipinski definition) is 2. The van der Waals surface area contributed by atoms with E-state index in [0.717, 1.165) is 5.56 Å². The number of nitrogens with zero attached hydrogens (tertiary/aromatic N) is 2. The third kappa shape index (κ3) is 4.31. The van der Waals surface area contributed by atoms with Crippen molar-refractivity contribution in [2.24, 2.45) is 13.0 Å². The summed E-state index contributed by atoms with van der Waals surface area (Å²) in [6, 6.07) is 8.58. The smallest absolute Gasteiger partial charge is 0.225 e. The average Bonchev–Trinajstić information content (AvgIpc) is 2.99. The summed E-state index contributed by atoms with van der Waals surface area (Å²) < 4.78 is 1.57. The molecule has 27 heavy (non-hydrogen) atoms. The van der Waals surface area contributed by atoms with Crippen molar-refractivity contribution in [3.05, 3.63) is 63.0 Å². The Bertz CT molecular complexity index is 941. The fourth-order valence-electron chi connectivity index (χ4n) is 3.09. The predicted octanol–water partition coefficient (Wildman–Crippen LogP) is 1.41. The van der Waals surface area contributed by atoms with Crippen molar-refractivity contribution in [1.29, 1.82) is 0 Å². The fraction of sp³-hybridized carbons (Fsp3) is 0.316. The van der Waals surface area contributed by atoms with Gasteiger partial charge in [0.15, 0.2) is 5.75 Å². The lowest BCUT2D eigenvalue weighted by atomic mass is 10.1. The molecule has 2 aromatic rings. The molecule has 1 aliphatic heterocycles. The summed E-state index contributed by atoms with van der Waals surface area (Å²) in [5.41, 5.74) is 0.898. The molecule has 2 heterocycles. The Kier molecular flexibility index (Phi) is 5.51. The first-order valence-corrected chi connectivity index (χ1v) is 8.90. The highest BCUT2D eigenvalue weighted by atomic mass is 35.5. The van der Waals surface area contributed by atoms with Crippen molar-refractivity contribution in [2.75, 3.05) is 6.54 Å². The number of carbonyl (C=O) groups is 2. The van der Waals surface area contributed by atoms with Gasteiger partial charge in [-0.05, 0) is 11.6 Å². The molecule has 8 heteroatoms. The summed E-state index contributed by atoms with van der Waals surface area (Å²) in [7, 11) is 1.67. The molecule has 0 bridgehead atoms. The lowest BCUT2D eigenvalue weighted by Gasteiger charge is -2.17. The van der Waals surface area contributed by atoms with E-state index in [0.29, 0.717) is 23.8 Å². The van der Waals surface area contributed by atoms with E-state index in [1.807, 2.05) is 18.2 Å². The van der Waals surface area contributed by atoms with Crippen molar-refractivity contribution in [1.82, 2.24) is 14.8 Å². The highest BCUT2D eigenvalue weighted by Gasteiger charge is 2.34. The van der Waals surface area contributed by atoms with Gasteiger partial charge in [0.05, 0.1) is 12.5 Å². The third-order valence-electron chi connectivity index (χ3n) is 4.67. The van der Waals surface area contributed by atoms with Crippen LogP contribution in [0.2, 0.25) is 5.02 Å². The van der Waals surface area contributed by atoms with Crippen LogP contribution in [0.5, 0.6) is 5.75 Å². The van der Waals surface area contributed by atoms with Gasteiger partial charge in [0.25, 0.3) is 0 Å². The van der Waals surface area contributed by atoms with Gasteiger partial charge in [-0.25, -0.2) is 0 Å². The Balaban J connectivity index is 1.60. The monoisotopic (exact) mass is 389 g/mol. The van der Waals surface area contributed by atoms with Crippen LogP contribution in [0.1, 0.15) is 17.7 Å². The Labute approximate surface area is 161 Å². The minimum absolute atomic E-state index is 0.0906. The van der Waals surface area contributed by atoms with Gasteiger partial charge in [-0.15, -0.1) is 0 Å². The number of halogens is 1. The summed E-state index contributed by atoms with van der Waals surface area (Å²) in [5.74, 6) is -1.13. The molecule has 1 aromatic carbocycles. The minimum atomic E-state index is -0.501. The molecule has 1 fully saturated rings. The Morgan fingerprint density at radius 3 is 2.81 bits per heavy atom. The van der Waals surface area contributed by atoms with Gasteiger partial charge < -0.3 is 19.9 Å². The maximum atomic E-state index is 12.4. The molecule has 1 saturated heterocycles. The van der Waals surface area contributed by atoms with Crippen LogP contribution in [-0.4, -0.2) is 32.9 Å². The van der Waals surface area contributed by atoms with E-state index in [9.17, 15) is 19.5 Å². The number of amides is 2. The van der Waals surface area contributed by atoms with Crippen LogP contribution in [-0.2, 0) is 29.7 Å². The second-order valence-corrected chi connectivity index (χ2v) is 7.02. The number of aromatic hydroxyl groups is 1. The molecule has 1 aliphatic rings. The Morgan fingerprint density at radius 2 is 2.07 bits per heavy atom. The lowest BCUT2D eigenvalue weighted by Crippen LogP contribution is -2.33. The van der Waals surface area contributed by atoms with Crippen molar-refractivity contribution in [3.8, 4) is 5.75 Å². The molecule has 142 valence electrons. The molecule has 1 unspecified atom stereocenters. The molecule has 0 saturated carbocycles. The number of nitrogens with one attached hydrogen (secondary N) is 1. The first kappa shape index (κ1) is 19.0. The second-order valence-electron chi connectivity index (χ2n) is 6.61.